The zero-order valence-corrected chi connectivity index (χ0v) is 11.5. The predicted molar refractivity (Wildman–Crippen MR) is 76.0 cm³/mol. The molecule has 6 heteroatoms. The number of carbonyl (C=O) groups excluding carboxylic acids is 1. The van der Waals surface area contributed by atoms with Crippen molar-refractivity contribution in [2.75, 3.05) is 19.7 Å². The number of aliphatic hydroxyl groups is 1. The highest BCUT2D eigenvalue weighted by atomic mass is 16.5. The molecule has 1 aliphatic rings. The molecule has 0 saturated carbocycles. The molecule has 2 N–H and O–H groups in total. The topological polar surface area (TPSA) is 78.5 Å². The van der Waals surface area contributed by atoms with Gasteiger partial charge in [-0.3, -0.25) is 4.79 Å². The minimum absolute atomic E-state index is 0.150. The lowest BCUT2D eigenvalue weighted by Crippen LogP contribution is -2.40. The van der Waals surface area contributed by atoms with Crippen LogP contribution < -0.4 is 4.74 Å². The first kappa shape index (κ1) is 13.6. The molecular formula is C15H17N3O3. The van der Waals surface area contributed by atoms with Crippen molar-refractivity contribution in [1.29, 1.82) is 0 Å². The largest absolute Gasteiger partial charge is 0.491 e. The van der Waals surface area contributed by atoms with E-state index in [-0.39, 0.29) is 19.1 Å². The molecule has 0 bridgehead atoms. The van der Waals surface area contributed by atoms with Crippen LogP contribution in [0, 0.1) is 0 Å². The third-order valence-electron chi connectivity index (χ3n) is 3.60. The maximum atomic E-state index is 12.2. The van der Waals surface area contributed by atoms with Crippen molar-refractivity contribution in [2.45, 2.75) is 12.0 Å². The molecule has 0 unspecified atom stereocenters. The van der Waals surface area contributed by atoms with Crippen LogP contribution in [0.2, 0.25) is 0 Å². The van der Waals surface area contributed by atoms with Crippen molar-refractivity contribution in [3.63, 3.8) is 0 Å². The number of nitrogens with zero attached hydrogens (tertiary/aromatic N) is 2. The van der Waals surface area contributed by atoms with E-state index in [1.165, 1.54) is 12.5 Å². The van der Waals surface area contributed by atoms with Crippen molar-refractivity contribution in [3.8, 4) is 5.75 Å². The summed E-state index contributed by atoms with van der Waals surface area (Å²) in [7, 11) is 0. The van der Waals surface area contributed by atoms with Gasteiger partial charge in [-0.1, -0.05) is 18.2 Å². The molecule has 1 fully saturated rings. The van der Waals surface area contributed by atoms with Gasteiger partial charge in [-0.2, -0.15) is 0 Å². The third kappa shape index (κ3) is 3.05. The quantitative estimate of drug-likeness (QED) is 0.881. The van der Waals surface area contributed by atoms with E-state index < -0.39 is 5.60 Å². The second kappa shape index (κ2) is 5.57. The molecule has 0 spiro atoms. The number of para-hydroxylation sites is 1. The van der Waals surface area contributed by atoms with Crippen LogP contribution >= 0.6 is 0 Å². The Kier molecular flexibility index (Phi) is 3.62. The second-order valence-electron chi connectivity index (χ2n) is 5.27. The lowest BCUT2D eigenvalue weighted by atomic mass is 10.1. The number of hydrogen-bond donors (Lipinski definition) is 2. The molecule has 0 radical (unpaired) electrons. The fourth-order valence-electron chi connectivity index (χ4n) is 2.43. The summed E-state index contributed by atoms with van der Waals surface area (Å²) in [5.74, 6) is 0.562. The lowest BCUT2D eigenvalue weighted by Gasteiger charge is -2.23. The standard InChI is InChI=1S/C15H17N3O3/c19-14(13-8-16-11-17-13)18-7-6-15(20,9-18)10-21-12-4-2-1-3-5-12/h1-5,8,11,20H,6-7,9-10H2,(H,16,17)/t15-/m1/s1. The molecule has 21 heavy (non-hydrogen) atoms. The number of amides is 1. The number of benzene rings is 1. The Morgan fingerprint density at radius 2 is 2.24 bits per heavy atom. The highest BCUT2D eigenvalue weighted by molar-refractivity contribution is 5.92. The SMILES string of the molecule is O=C(c1cnc[nH]1)N1CC[C@](O)(COc2ccccc2)C1. The fraction of sp³-hybridized carbons (Fsp3) is 0.333. The number of likely N-dealkylation sites (tertiary alicyclic amines) is 1. The Hall–Kier alpha value is -2.34. The number of H-pyrrole nitrogens is 1. The first-order valence-electron chi connectivity index (χ1n) is 6.84. The number of imidazole rings is 1. The van der Waals surface area contributed by atoms with Gasteiger partial charge in [0.05, 0.1) is 19.1 Å². The number of aromatic amines is 1. The van der Waals surface area contributed by atoms with Crippen LogP contribution in [0.25, 0.3) is 0 Å². The summed E-state index contributed by atoms with van der Waals surface area (Å²) >= 11 is 0. The summed E-state index contributed by atoms with van der Waals surface area (Å²) in [6.07, 6.45) is 3.45. The predicted octanol–water partition coefficient (Wildman–Crippen LogP) is 1.07. The minimum atomic E-state index is -1.01. The second-order valence-corrected chi connectivity index (χ2v) is 5.27. The molecule has 1 saturated heterocycles. The van der Waals surface area contributed by atoms with Crippen LogP contribution in [0.3, 0.4) is 0 Å². The van der Waals surface area contributed by atoms with E-state index in [0.717, 1.165) is 0 Å². The molecule has 0 aliphatic carbocycles. The van der Waals surface area contributed by atoms with Crippen molar-refractivity contribution < 1.29 is 14.6 Å². The van der Waals surface area contributed by atoms with E-state index in [1.54, 1.807) is 4.90 Å². The van der Waals surface area contributed by atoms with Gasteiger partial charge in [0.2, 0.25) is 0 Å². The molecule has 110 valence electrons. The summed E-state index contributed by atoms with van der Waals surface area (Å²) in [6, 6.07) is 9.34. The van der Waals surface area contributed by atoms with Gasteiger partial charge in [-0.25, -0.2) is 4.98 Å². The zero-order chi connectivity index (χ0) is 14.7. The summed E-state index contributed by atoms with van der Waals surface area (Å²) in [4.78, 5) is 20.4. The molecule has 1 atom stereocenters. The van der Waals surface area contributed by atoms with Crippen LogP contribution in [0.1, 0.15) is 16.9 Å². The van der Waals surface area contributed by atoms with E-state index in [2.05, 4.69) is 9.97 Å². The van der Waals surface area contributed by atoms with E-state index in [1.807, 2.05) is 30.3 Å². The molecule has 1 aromatic carbocycles. The summed E-state index contributed by atoms with van der Waals surface area (Å²) < 4.78 is 5.60. The van der Waals surface area contributed by atoms with Gasteiger partial charge < -0.3 is 19.7 Å². The molecule has 6 nitrogen and oxygen atoms in total. The number of hydrogen-bond acceptors (Lipinski definition) is 4. The Balaban J connectivity index is 1.59. The average Bonchev–Trinajstić information content (AvgIpc) is 3.16. The van der Waals surface area contributed by atoms with Crippen molar-refractivity contribution in [3.05, 3.63) is 48.5 Å². The van der Waals surface area contributed by atoms with Gasteiger partial charge in [-0.15, -0.1) is 0 Å². The average molecular weight is 287 g/mol. The first-order valence-corrected chi connectivity index (χ1v) is 6.84. The van der Waals surface area contributed by atoms with Gasteiger partial charge >= 0.3 is 0 Å². The van der Waals surface area contributed by atoms with Gasteiger partial charge in [0, 0.05) is 6.54 Å². The van der Waals surface area contributed by atoms with Crippen LogP contribution in [-0.4, -0.2) is 51.2 Å². The third-order valence-corrected chi connectivity index (χ3v) is 3.60. The maximum absolute atomic E-state index is 12.2. The smallest absolute Gasteiger partial charge is 0.272 e. The van der Waals surface area contributed by atoms with Gasteiger partial charge in [0.25, 0.3) is 5.91 Å². The van der Waals surface area contributed by atoms with Crippen LogP contribution in [0.4, 0.5) is 0 Å². The van der Waals surface area contributed by atoms with Crippen molar-refractivity contribution in [1.82, 2.24) is 14.9 Å². The van der Waals surface area contributed by atoms with E-state index in [4.69, 9.17) is 4.74 Å². The highest BCUT2D eigenvalue weighted by Crippen LogP contribution is 2.24. The fourth-order valence-corrected chi connectivity index (χ4v) is 2.43. The van der Waals surface area contributed by atoms with Crippen molar-refractivity contribution in [2.24, 2.45) is 0 Å². The number of aromatic nitrogens is 2. The Labute approximate surface area is 122 Å². The minimum Gasteiger partial charge on any atom is -0.491 e. The Morgan fingerprint density at radius 3 is 2.95 bits per heavy atom. The lowest BCUT2D eigenvalue weighted by molar-refractivity contribution is 0.00426. The van der Waals surface area contributed by atoms with E-state index in [0.29, 0.717) is 24.4 Å². The number of rotatable bonds is 4. The zero-order valence-electron chi connectivity index (χ0n) is 11.5. The molecular weight excluding hydrogens is 270 g/mol. The van der Waals surface area contributed by atoms with Crippen LogP contribution in [0.15, 0.2) is 42.9 Å². The van der Waals surface area contributed by atoms with E-state index >= 15 is 0 Å². The van der Waals surface area contributed by atoms with Crippen molar-refractivity contribution >= 4 is 5.91 Å². The normalized spacial score (nSPS) is 21.5. The Morgan fingerprint density at radius 1 is 1.43 bits per heavy atom. The Bertz CT molecular complexity index is 600. The van der Waals surface area contributed by atoms with Crippen LogP contribution in [0.5, 0.6) is 5.75 Å². The monoisotopic (exact) mass is 287 g/mol. The number of carbonyl (C=O) groups is 1. The summed E-state index contributed by atoms with van der Waals surface area (Å²) in [5, 5.41) is 10.5. The highest BCUT2D eigenvalue weighted by Gasteiger charge is 2.39. The van der Waals surface area contributed by atoms with Gasteiger partial charge in [0.1, 0.15) is 23.7 Å². The number of nitrogens with one attached hydrogen (secondary N) is 1. The molecule has 1 aromatic heterocycles. The van der Waals surface area contributed by atoms with Gasteiger partial charge in [-0.05, 0) is 18.6 Å². The molecule has 1 amide bonds. The van der Waals surface area contributed by atoms with E-state index in [9.17, 15) is 9.90 Å². The van der Waals surface area contributed by atoms with Crippen LogP contribution in [-0.2, 0) is 0 Å². The molecule has 1 aliphatic heterocycles. The molecule has 2 aromatic rings. The molecule has 3 rings (SSSR count). The summed E-state index contributed by atoms with van der Waals surface area (Å²) in [6.45, 7) is 0.938. The number of β-amino-alcohol motifs (C(OH)–C–C–N with tert-alkyl or cyclic N) is 1. The molecule has 2 heterocycles. The number of ether oxygens (including phenoxy) is 1. The van der Waals surface area contributed by atoms with Gasteiger partial charge in [0.15, 0.2) is 0 Å². The first-order chi connectivity index (χ1) is 10.2. The summed E-state index contributed by atoms with van der Waals surface area (Å²) in [5.41, 5.74) is -0.575. The maximum Gasteiger partial charge on any atom is 0.272 e.